The molecule has 0 unspecified atom stereocenters. The molecular weight excluding hydrogens is 532 g/mol. The average Bonchev–Trinajstić information content (AvgIpc) is 2.88. The molecule has 0 aromatic heterocycles. The predicted octanol–water partition coefficient (Wildman–Crippen LogP) is 9.71. The van der Waals surface area contributed by atoms with Crippen LogP contribution >= 0.6 is 0 Å². The average molecular weight is 605 g/mol. The summed E-state index contributed by atoms with van der Waals surface area (Å²) in [5.74, 6) is 0.893. The minimum Gasteiger partial charge on any atom is -0.462 e. The van der Waals surface area contributed by atoms with E-state index in [-0.39, 0.29) is 33.7 Å². The molecule has 252 valence electrons. The molecule has 5 nitrogen and oxygen atoms in total. The van der Waals surface area contributed by atoms with Gasteiger partial charge in [-0.05, 0) is 66.2 Å². The minimum atomic E-state index is -0.0256. The van der Waals surface area contributed by atoms with Gasteiger partial charge in [-0.1, -0.05) is 127 Å². The van der Waals surface area contributed by atoms with Gasteiger partial charge in [0.15, 0.2) is 0 Å². The number of carbonyl (C=O) groups excluding carboxylic acids is 2. The van der Waals surface area contributed by atoms with E-state index in [9.17, 15) is 9.59 Å². The number of rotatable bonds is 18. The standard InChI is InChI=1S/C38H72N2O3/c1-11-12-13-14-19-22-25-39-34-35(3,4)26-31(27-36(34,5)6)43-33(42)24-21-18-16-15-17-20-23-32(41)40-28-37(7,8)30(2)38(9,10)29-40/h30-31,34,39H,11-29H2,1-10H3. The Hall–Kier alpha value is -1.10. The number of hydrogen-bond donors (Lipinski definition) is 1. The van der Waals surface area contributed by atoms with Crippen molar-refractivity contribution in [1.29, 1.82) is 0 Å². The molecule has 0 radical (unpaired) electrons. The highest BCUT2D eigenvalue weighted by Gasteiger charge is 2.48. The molecule has 1 amide bonds. The summed E-state index contributed by atoms with van der Waals surface area (Å²) in [6.07, 6.45) is 17.3. The molecule has 0 atom stereocenters. The lowest BCUT2D eigenvalue weighted by atomic mass is 9.60. The number of nitrogens with zero attached hydrogens (tertiary/aromatic N) is 1. The van der Waals surface area contributed by atoms with Crippen molar-refractivity contribution in [3.05, 3.63) is 0 Å². The van der Waals surface area contributed by atoms with Gasteiger partial charge in [0.2, 0.25) is 5.91 Å². The van der Waals surface area contributed by atoms with E-state index in [2.05, 4.69) is 79.5 Å². The van der Waals surface area contributed by atoms with Crippen molar-refractivity contribution in [1.82, 2.24) is 10.2 Å². The second-order valence-electron chi connectivity index (χ2n) is 17.2. The molecule has 43 heavy (non-hydrogen) atoms. The van der Waals surface area contributed by atoms with Crippen molar-refractivity contribution in [2.75, 3.05) is 19.6 Å². The lowest BCUT2D eigenvalue weighted by Gasteiger charge is -2.52. The van der Waals surface area contributed by atoms with Crippen LogP contribution in [0.2, 0.25) is 0 Å². The molecule has 2 rings (SSSR count). The van der Waals surface area contributed by atoms with Crippen molar-refractivity contribution >= 4 is 11.9 Å². The predicted molar refractivity (Wildman–Crippen MR) is 182 cm³/mol. The number of piperidine rings is 1. The van der Waals surface area contributed by atoms with E-state index >= 15 is 0 Å². The van der Waals surface area contributed by atoms with Crippen LogP contribution in [0.4, 0.5) is 0 Å². The number of hydrogen-bond acceptors (Lipinski definition) is 4. The van der Waals surface area contributed by atoms with Crippen LogP contribution in [0.5, 0.6) is 0 Å². The molecule has 0 aromatic carbocycles. The molecule has 2 aliphatic rings. The summed E-state index contributed by atoms with van der Waals surface area (Å²) in [6, 6.07) is 0.433. The summed E-state index contributed by atoms with van der Waals surface area (Å²) < 4.78 is 6.05. The van der Waals surface area contributed by atoms with Gasteiger partial charge >= 0.3 is 5.97 Å². The minimum absolute atomic E-state index is 0.0152. The SMILES string of the molecule is CCCCCCCCNC1C(C)(C)CC(OC(=O)CCCCCCCCC(=O)N2CC(C)(C)C(C)C(C)(C)C2)CC1(C)C. The normalized spacial score (nSPS) is 24.6. The Labute approximate surface area is 267 Å². The smallest absolute Gasteiger partial charge is 0.306 e. The Kier molecular flexibility index (Phi) is 15.1. The van der Waals surface area contributed by atoms with Gasteiger partial charge in [-0.25, -0.2) is 0 Å². The highest BCUT2D eigenvalue weighted by atomic mass is 16.5. The van der Waals surface area contributed by atoms with Gasteiger partial charge in [0.1, 0.15) is 6.10 Å². The van der Waals surface area contributed by atoms with Gasteiger partial charge in [0, 0.05) is 32.0 Å². The van der Waals surface area contributed by atoms with Crippen molar-refractivity contribution in [3.8, 4) is 0 Å². The molecule has 0 bridgehead atoms. The molecule has 0 aromatic rings. The van der Waals surface area contributed by atoms with Gasteiger partial charge in [0.25, 0.3) is 0 Å². The lowest BCUT2D eigenvalue weighted by Crippen LogP contribution is -2.57. The van der Waals surface area contributed by atoms with Gasteiger partial charge in [0.05, 0.1) is 0 Å². The van der Waals surface area contributed by atoms with E-state index in [0.717, 1.165) is 71.0 Å². The summed E-state index contributed by atoms with van der Waals surface area (Å²) in [7, 11) is 0. The van der Waals surface area contributed by atoms with E-state index in [0.29, 0.717) is 30.7 Å². The maximum absolute atomic E-state index is 12.9. The van der Waals surface area contributed by atoms with Crippen molar-refractivity contribution in [2.45, 2.75) is 184 Å². The third-order valence-corrected chi connectivity index (χ3v) is 11.2. The van der Waals surface area contributed by atoms with Gasteiger partial charge in [-0.2, -0.15) is 0 Å². The summed E-state index contributed by atoms with van der Waals surface area (Å²) in [4.78, 5) is 27.8. The number of nitrogens with one attached hydrogen (secondary N) is 1. The third kappa shape index (κ3) is 12.3. The van der Waals surface area contributed by atoms with Crippen molar-refractivity contribution in [2.24, 2.45) is 27.6 Å². The van der Waals surface area contributed by atoms with E-state index in [1.165, 1.54) is 38.5 Å². The Balaban J connectivity index is 1.59. The van der Waals surface area contributed by atoms with Crippen LogP contribution < -0.4 is 5.32 Å². The molecule has 0 spiro atoms. The molecular formula is C38H72N2O3. The van der Waals surface area contributed by atoms with Crippen LogP contribution in [0.25, 0.3) is 0 Å². The van der Waals surface area contributed by atoms with E-state index < -0.39 is 0 Å². The molecule has 1 aliphatic heterocycles. The van der Waals surface area contributed by atoms with E-state index in [1.54, 1.807) is 0 Å². The third-order valence-electron chi connectivity index (χ3n) is 11.2. The molecule has 2 fully saturated rings. The van der Waals surface area contributed by atoms with Gasteiger partial charge in [-0.15, -0.1) is 0 Å². The van der Waals surface area contributed by atoms with Crippen LogP contribution in [0.3, 0.4) is 0 Å². The fourth-order valence-electron chi connectivity index (χ4n) is 8.53. The maximum Gasteiger partial charge on any atom is 0.306 e. The molecule has 5 heteroatoms. The van der Waals surface area contributed by atoms with Crippen LogP contribution in [-0.2, 0) is 14.3 Å². The first-order valence-corrected chi connectivity index (χ1v) is 18.2. The highest BCUT2D eigenvalue weighted by molar-refractivity contribution is 5.76. The Morgan fingerprint density at radius 2 is 1.14 bits per heavy atom. The highest BCUT2D eigenvalue weighted by Crippen LogP contribution is 2.47. The van der Waals surface area contributed by atoms with E-state index in [1.807, 2.05) is 0 Å². The van der Waals surface area contributed by atoms with E-state index in [4.69, 9.17) is 4.74 Å². The van der Waals surface area contributed by atoms with Crippen LogP contribution in [0, 0.1) is 27.6 Å². The fraction of sp³-hybridized carbons (Fsp3) is 0.947. The monoisotopic (exact) mass is 605 g/mol. The van der Waals surface area contributed by atoms with Crippen LogP contribution in [-0.4, -0.2) is 48.6 Å². The summed E-state index contributed by atoms with van der Waals surface area (Å²) in [5.41, 5.74) is 0.507. The Morgan fingerprint density at radius 1 is 0.674 bits per heavy atom. The summed E-state index contributed by atoms with van der Waals surface area (Å²) in [6.45, 7) is 26.0. The topological polar surface area (TPSA) is 58.6 Å². The largest absolute Gasteiger partial charge is 0.462 e. The second kappa shape index (κ2) is 17.0. The fourth-order valence-corrected chi connectivity index (χ4v) is 8.53. The lowest BCUT2D eigenvalue weighted by molar-refractivity contribution is -0.157. The summed E-state index contributed by atoms with van der Waals surface area (Å²) in [5, 5.41) is 3.90. The zero-order valence-corrected chi connectivity index (χ0v) is 30.3. The van der Waals surface area contributed by atoms with Crippen LogP contribution in [0.1, 0.15) is 172 Å². The Morgan fingerprint density at radius 3 is 1.67 bits per heavy atom. The van der Waals surface area contributed by atoms with Crippen molar-refractivity contribution in [3.63, 3.8) is 0 Å². The quantitative estimate of drug-likeness (QED) is 0.125. The summed E-state index contributed by atoms with van der Waals surface area (Å²) >= 11 is 0. The maximum atomic E-state index is 12.9. The number of unbranched alkanes of at least 4 members (excludes halogenated alkanes) is 10. The second-order valence-corrected chi connectivity index (χ2v) is 17.2. The number of likely N-dealkylation sites (tertiary alicyclic amines) is 1. The number of ether oxygens (including phenoxy) is 1. The van der Waals surface area contributed by atoms with Gasteiger partial charge in [-0.3, -0.25) is 9.59 Å². The molecule has 1 heterocycles. The zero-order valence-electron chi connectivity index (χ0n) is 30.3. The number of carbonyl (C=O) groups is 2. The molecule has 1 saturated heterocycles. The zero-order chi connectivity index (χ0) is 32.3. The van der Waals surface area contributed by atoms with Gasteiger partial charge < -0.3 is 15.0 Å². The molecule has 1 aliphatic carbocycles. The first-order chi connectivity index (χ1) is 20.0. The van der Waals surface area contributed by atoms with Crippen LogP contribution in [0.15, 0.2) is 0 Å². The number of amides is 1. The first-order valence-electron chi connectivity index (χ1n) is 18.2. The number of esters is 1. The molecule has 1 saturated carbocycles. The first kappa shape index (κ1) is 38.1. The molecule has 1 N–H and O–H groups in total. The van der Waals surface area contributed by atoms with Crippen molar-refractivity contribution < 1.29 is 14.3 Å². The Bertz CT molecular complexity index is 810.